The number of ether oxygens (including phenoxy) is 1. The van der Waals surface area contributed by atoms with Crippen molar-refractivity contribution in [3.05, 3.63) is 59.1 Å². The number of anilines is 1. The molecule has 0 aliphatic carbocycles. The molecule has 0 radical (unpaired) electrons. The third-order valence-electron chi connectivity index (χ3n) is 2.94. The first-order valence-electron chi connectivity index (χ1n) is 7.15. The van der Waals surface area contributed by atoms with E-state index in [4.69, 9.17) is 16.3 Å². The van der Waals surface area contributed by atoms with Crippen LogP contribution in [-0.2, 0) is 4.79 Å². The number of carbonyl (C=O) groups excluding carboxylic acids is 2. The van der Waals surface area contributed by atoms with Crippen LogP contribution >= 0.6 is 11.6 Å². The summed E-state index contributed by atoms with van der Waals surface area (Å²) in [6, 6.07) is 13.5. The molecule has 120 valence electrons. The van der Waals surface area contributed by atoms with E-state index in [0.29, 0.717) is 28.6 Å². The minimum Gasteiger partial charge on any atom is -0.484 e. The van der Waals surface area contributed by atoms with Crippen molar-refractivity contribution in [3.63, 3.8) is 0 Å². The fourth-order valence-corrected chi connectivity index (χ4v) is 2.05. The van der Waals surface area contributed by atoms with Crippen LogP contribution in [0.1, 0.15) is 17.3 Å². The summed E-state index contributed by atoms with van der Waals surface area (Å²) in [5.41, 5.74) is 1.11. The van der Waals surface area contributed by atoms with Crippen LogP contribution in [0.3, 0.4) is 0 Å². The number of hydrogen-bond donors (Lipinski definition) is 2. The molecule has 2 aromatic carbocycles. The summed E-state index contributed by atoms with van der Waals surface area (Å²) >= 11 is 5.87. The van der Waals surface area contributed by atoms with Crippen LogP contribution < -0.4 is 15.4 Å². The van der Waals surface area contributed by atoms with E-state index in [-0.39, 0.29) is 18.4 Å². The lowest BCUT2D eigenvalue weighted by molar-refractivity contribution is -0.122. The van der Waals surface area contributed by atoms with Crippen LogP contribution in [0, 0.1) is 0 Å². The molecule has 6 heteroatoms. The third kappa shape index (κ3) is 5.30. The molecule has 0 spiro atoms. The Morgan fingerprint density at radius 3 is 2.52 bits per heavy atom. The molecular formula is C17H17ClN2O3. The van der Waals surface area contributed by atoms with Gasteiger partial charge in [-0.1, -0.05) is 17.7 Å². The molecule has 0 aliphatic heterocycles. The maximum absolute atomic E-state index is 12.1. The topological polar surface area (TPSA) is 67.4 Å². The fraction of sp³-hybridized carbons (Fsp3) is 0.176. The van der Waals surface area contributed by atoms with Gasteiger partial charge in [-0.15, -0.1) is 0 Å². The predicted octanol–water partition coefficient (Wildman–Crippen LogP) is 3.11. The lowest BCUT2D eigenvalue weighted by Crippen LogP contribution is -2.28. The van der Waals surface area contributed by atoms with Crippen molar-refractivity contribution in [2.24, 2.45) is 0 Å². The Kier molecular flexibility index (Phi) is 6.00. The number of carbonyl (C=O) groups is 2. The number of hydrogen-bond acceptors (Lipinski definition) is 3. The van der Waals surface area contributed by atoms with Crippen molar-refractivity contribution in [1.82, 2.24) is 5.32 Å². The van der Waals surface area contributed by atoms with Gasteiger partial charge in [-0.25, -0.2) is 0 Å². The second kappa shape index (κ2) is 8.19. The predicted molar refractivity (Wildman–Crippen MR) is 90.0 cm³/mol. The number of nitrogens with one attached hydrogen (secondary N) is 2. The monoisotopic (exact) mass is 332 g/mol. The summed E-state index contributed by atoms with van der Waals surface area (Å²) < 4.78 is 5.34. The highest BCUT2D eigenvalue weighted by Crippen LogP contribution is 2.17. The van der Waals surface area contributed by atoms with Gasteiger partial charge < -0.3 is 15.4 Å². The van der Waals surface area contributed by atoms with Crippen LogP contribution in [0.25, 0.3) is 0 Å². The van der Waals surface area contributed by atoms with E-state index in [1.165, 1.54) is 0 Å². The van der Waals surface area contributed by atoms with E-state index in [2.05, 4.69) is 10.6 Å². The van der Waals surface area contributed by atoms with Gasteiger partial charge in [-0.3, -0.25) is 9.59 Å². The van der Waals surface area contributed by atoms with E-state index in [1.807, 2.05) is 6.92 Å². The Balaban J connectivity index is 1.92. The number of benzene rings is 2. The minimum absolute atomic E-state index is 0.0396. The van der Waals surface area contributed by atoms with Gasteiger partial charge >= 0.3 is 0 Å². The molecule has 2 amide bonds. The van der Waals surface area contributed by atoms with Crippen LogP contribution in [-0.4, -0.2) is 25.0 Å². The van der Waals surface area contributed by atoms with Crippen LogP contribution in [0.2, 0.25) is 5.02 Å². The molecule has 2 N–H and O–H groups in total. The highest BCUT2D eigenvalue weighted by Gasteiger charge is 2.07. The minimum atomic E-state index is -0.247. The van der Waals surface area contributed by atoms with Crippen molar-refractivity contribution < 1.29 is 14.3 Å². The highest BCUT2D eigenvalue weighted by molar-refractivity contribution is 6.31. The van der Waals surface area contributed by atoms with Gasteiger partial charge in [-0.05, 0) is 49.4 Å². The summed E-state index contributed by atoms with van der Waals surface area (Å²) in [6.45, 7) is 2.37. The van der Waals surface area contributed by atoms with E-state index in [9.17, 15) is 9.59 Å². The Morgan fingerprint density at radius 2 is 1.87 bits per heavy atom. The normalized spacial score (nSPS) is 10.0. The van der Waals surface area contributed by atoms with E-state index in [1.54, 1.807) is 48.5 Å². The molecule has 0 fully saturated rings. The Bertz CT molecular complexity index is 686. The van der Waals surface area contributed by atoms with Gasteiger partial charge in [0.25, 0.3) is 11.8 Å². The number of likely N-dealkylation sites (N-methyl/N-ethyl adjacent to an activating group) is 1. The Hall–Kier alpha value is -2.53. The van der Waals surface area contributed by atoms with Gasteiger partial charge in [0.05, 0.1) is 0 Å². The molecule has 0 aromatic heterocycles. The average molecular weight is 333 g/mol. The smallest absolute Gasteiger partial charge is 0.257 e. The highest BCUT2D eigenvalue weighted by atomic mass is 35.5. The zero-order valence-corrected chi connectivity index (χ0v) is 13.4. The average Bonchev–Trinajstić information content (AvgIpc) is 2.54. The maximum Gasteiger partial charge on any atom is 0.257 e. The zero-order chi connectivity index (χ0) is 16.7. The first kappa shape index (κ1) is 16.8. The molecule has 0 atom stereocenters. The fourth-order valence-electron chi connectivity index (χ4n) is 1.86. The summed E-state index contributed by atoms with van der Waals surface area (Å²) in [4.78, 5) is 23.4. The quantitative estimate of drug-likeness (QED) is 0.854. The second-order valence-corrected chi connectivity index (χ2v) is 5.17. The molecule has 0 saturated carbocycles. The van der Waals surface area contributed by atoms with Crippen molar-refractivity contribution in [1.29, 1.82) is 0 Å². The Morgan fingerprint density at radius 1 is 1.13 bits per heavy atom. The lowest BCUT2D eigenvalue weighted by atomic mass is 10.2. The zero-order valence-electron chi connectivity index (χ0n) is 12.6. The molecule has 5 nitrogen and oxygen atoms in total. The number of halogens is 1. The molecule has 0 saturated heterocycles. The molecule has 0 unspecified atom stereocenters. The van der Waals surface area contributed by atoms with Crippen LogP contribution in [0.4, 0.5) is 5.69 Å². The molecule has 0 aliphatic rings. The van der Waals surface area contributed by atoms with Crippen molar-refractivity contribution in [3.8, 4) is 5.75 Å². The number of amides is 2. The summed E-state index contributed by atoms with van der Waals surface area (Å²) in [5, 5.41) is 5.92. The van der Waals surface area contributed by atoms with Gasteiger partial charge in [-0.2, -0.15) is 0 Å². The summed E-state index contributed by atoms with van der Waals surface area (Å²) in [5.74, 6) is 0.131. The van der Waals surface area contributed by atoms with Crippen LogP contribution in [0.15, 0.2) is 48.5 Å². The van der Waals surface area contributed by atoms with Crippen molar-refractivity contribution in [2.75, 3.05) is 18.5 Å². The molecule has 0 heterocycles. The largest absolute Gasteiger partial charge is 0.484 e. The van der Waals surface area contributed by atoms with Crippen molar-refractivity contribution >= 4 is 29.1 Å². The van der Waals surface area contributed by atoms with Gasteiger partial charge in [0.1, 0.15) is 5.75 Å². The standard InChI is InChI=1S/C17H17ClN2O3/c1-2-19-16(21)11-23-15-8-6-14(7-9-15)20-17(22)12-4-3-5-13(18)10-12/h3-10H,2,11H2,1H3,(H,19,21)(H,20,22). The van der Waals surface area contributed by atoms with Gasteiger partial charge in [0, 0.05) is 22.8 Å². The molecule has 2 aromatic rings. The van der Waals surface area contributed by atoms with Crippen LogP contribution in [0.5, 0.6) is 5.75 Å². The third-order valence-corrected chi connectivity index (χ3v) is 3.18. The summed E-state index contributed by atoms with van der Waals surface area (Å²) in [7, 11) is 0. The van der Waals surface area contributed by atoms with Gasteiger partial charge in [0.2, 0.25) is 0 Å². The molecule has 0 bridgehead atoms. The first-order chi connectivity index (χ1) is 11.1. The molecular weight excluding hydrogens is 316 g/mol. The lowest BCUT2D eigenvalue weighted by Gasteiger charge is -2.08. The van der Waals surface area contributed by atoms with E-state index in [0.717, 1.165) is 0 Å². The molecule has 2 rings (SSSR count). The summed E-state index contributed by atoms with van der Waals surface area (Å²) in [6.07, 6.45) is 0. The number of rotatable bonds is 6. The van der Waals surface area contributed by atoms with E-state index < -0.39 is 0 Å². The first-order valence-corrected chi connectivity index (χ1v) is 7.52. The van der Waals surface area contributed by atoms with Crippen molar-refractivity contribution in [2.45, 2.75) is 6.92 Å². The van der Waals surface area contributed by atoms with E-state index >= 15 is 0 Å². The van der Waals surface area contributed by atoms with Gasteiger partial charge in [0.15, 0.2) is 6.61 Å². The molecule has 23 heavy (non-hydrogen) atoms. The SMILES string of the molecule is CCNC(=O)COc1ccc(NC(=O)c2cccc(Cl)c2)cc1. The Labute approximate surface area is 139 Å². The maximum atomic E-state index is 12.1. The second-order valence-electron chi connectivity index (χ2n) is 4.73.